The molecule has 0 fully saturated rings. The van der Waals surface area contributed by atoms with Crippen molar-refractivity contribution < 1.29 is 9.53 Å². The van der Waals surface area contributed by atoms with Gasteiger partial charge in [0.15, 0.2) is 5.11 Å². The summed E-state index contributed by atoms with van der Waals surface area (Å²) in [5, 5.41) is 6.08. The summed E-state index contributed by atoms with van der Waals surface area (Å²) in [6, 6.07) is 15.4. The van der Waals surface area contributed by atoms with Gasteiger partial charge in [-0.3, -0.25) is 10.1 Å². The maximum Gasteiger partial charge on any atom is 0.261 e. The number of carbonyl (C=O) groups is 1. The maximum absolute atomic E-state index is 12.5. The van der Waals surface area contributed by atoms with Crippen LogP contribution in [0.5, 0.6) is 5.75 Å². The number of hydrogen-bond acceptors (Lipinski definition) is 3. The van der Waals surface area contributed by atoms with Gasteiger partial charge in [-0.2, -0.15) is 0 Å². The molecular weight excluding hydrogens is 344 g/mol. The van der Waals surface area contributed by atoms with E-state index in [0.29, 0.717) is 29.6 Å². The molecule has 2 N–H and O–H groups in total. The van der Waals surface area contributed by atoms with Gasteiger partial charge in [0.1, 0.15) is 5.75 Å². The quantitative estimate of drug-likeness (QED) is 0.535. The van der Waals surface area contributed by atoms with E-state index in [1.807, 2.05) is 49.4 Å². The van der Waals surface area contributed by atoms with Crippen LogP contribution in [-0.4, -0.2) is 17.6 Å². The van der Waals surface area contributed by atoms with Crippen molar-refractivity contribution in [3.05, 3.63) is 65.2 Å². The summed E-state index contributed by atoms with van der Waals surface area (Å²) >= 11 is 5.24. The van der Waals surface area contributed by atoms with Crippen molar-refractivity contribution in [1.29, 1.82) is 0 Å². The zero-order chi connectivity index (χ0) is 18.8. The van der Waals surface area contributed by atoms with Crippen LogP contribution in [0.15, 0.2) is 48.5 Å². The standard InChI is InChI=1S/C21H26N2O2S/c1-3-4-7-14-25-19-9-6-5-8-18(19)20(24)23-21(26)22-15-17-12-10-16(2)11-13-17/h5-6,8-13H,3-4,7,14-15H2,1-2H3,(H2,22,23,24,26). The van der Waals surface area contributed by atoms with Gasteiger partial charge in [0.2, 0.25) is 0 Å². The van der Waals surface area contributed by atoms with E-state index in [4.69, 9.17) is 17.0 Å². The minimum absolute atomic E-state index is 0.266. The number of carbonyl (C=O) groups excluding carboxylic acids is 1. The fourth-order valence-corrected chi connectivity index (χ4v) is 2.58. The highest BCUT2D eigenvalue weighted by molar-refractivity contribution is 7.80. The molecule has 2 aromatic rings. The van der Waals surface area contributed by atoms with Crippen LogP contribution in [0.1, 0.15) is 47.7 Å². The second-order valence-corrected chi connectivity index (χ2v) is 6.58. The summed E-state index contributed by atoms with van der Waals surface area (Å²) < 4.78 is 5.76. The number of amides is 1. The highest BCUT2D eigenvalue weighted by Crippen LogP contribution is 2.18. The van der Waals surface area contributed by atoms with Gasteiger partial charge in [0.05, 0.1) is 12.2 Å². The maximum atomic E-state index is 12.5. The first kappa shape index (κ1) is 19.9. The van der Waals surface area contributed by atoms with Gasteiger partial charge in [-0.25, -0.2) is 0 Å². The first-order valence-corrected chi connectivity index (χ1v) is 9.37. The molecule has 5 heteroatoms. The van der Waals surface area contributed by atoms with Gasteiger partial charge in [-0.15, -0.1) is 0 Å². The van der Waals surface area contributed by atoms with E-state index in [2.05, 4.69) is 17.6 Å². The molecule has 0 spiro atoms. The van der Waals surface area contributed by atoms with Crippen LogP contribution in [0, 0.1) is 6.92 Å². The number of unbranched alkanes of at least 4 members (excludes halogenated alkanes) is 2. The van der Waals surface area contributed by atoms with Crippen LogP contribution < -0.4 is 15.4 Å². The Hall–Kier alpha value is -2.40. The second-order valence-electron chi connectivity index (χ2n) is 6.17. The molecule has 2 aromatic carbocycles. The average Bonchev–Trinajstić information content (AvgIpc) is 2.65. The molecule has 1 amide bonds. The summed E-state index contributed by atoms with van der Waals surface area (Å²) in [6.45, 7) is 5.36. The van der Waals surface area contributed by atoms with E-state index in [-0.39, 0.29) is 5.91 Å². The molecule has 0 heterocycles. The third kappa shape index (κ3) is 6.48. The first-order valence-electron chi connectivity index (χ1n) is 8.96. The fraction of sp³-hybridized carbons (Fsp3) is 0.333. The zero-order valence-corrected chi connectivity index (χ0v) is 16.2. The van der Waals surface area contributed by atoms with Crippen LogP contribution in [0.3, 0.4) is 0 Å². The molecule has 0 saturated heterocycles. The summed E-state index contributed by atoms with van der Waals surface area (Å²) in [6.07, 6.45) is 3.22. The van der Waals surface area contributed by atoms with Crippen LogP contribution in [-0.2, 0) is 6.54 Å². The third-order valence-electron chi connectivity index (χ3n) is 3.94. The lowest BCUT2D eigenvalue weighted by Gasteiger charge is -2.13. The van der Waals surface area contributed by atoms with Crippen molar-refractivity contribution in [2.75, 3.05) is 6.61 Å². The fourth-order valence-electron chi connectivity index (χ4n) is 2.42. The molecular formula is C21H26N2O2S. The molecule has 4 nitrogen and oxygen atoms in total. The van der Waals surface area contributed by atoms with Crippen molar-refractivity contribution in [3.63, 3.8) is 0 Å². The molecule has 0 bridgehead atoms. The number of nitrogens with one attached hydrogen (secondary N) is 2. The largest absolute Gasteiger partial charge is 0.493 e. The highest BCUT2D eigenvalue weighted by Gasteiger charge is 2.13. The Balaban J connectivity index is 1.88. The summed E-state index contributed by atoms with van der Waals surface area (Å²) in [4.78, 5) is 12.5. The second kappa shape index (κ2) is 10.6. The molecule has 0 aliphatic carbocycles. The molecule has 0 radical (unpaired) electrons. The van der Waals surface area contributed by atoms with E-state index in [1.165, 1.54) is 5.56 Å². The molecule has 26 heavy (non-hydrogen) atoms. The van der Waals surface area contributed by atoms with Crippen molar-refractivity contribution in [1.82, 2.24) is 10.6 Å². The number of para-hydroxylation sites is 1. The first-order chi connectivity index (χ1) is 12.6. The number of ether oxygens (including phenoxy) is 1. The van der Waals surface area contributed by atoms with Gasteiger partial charge in [-0.1, -0.05) is 61.7 Å². The monoisotopic (exact) mass is 370 g/mol. The SMILES string of the molecule is CCCCCOc1ccccc1C(=O)NC(=S)NCc1ccc(C)cc1. The van der Waals surface area contributed by atoms with E-state index in [0.717, 1.165) is 24.8 Å². The number of aryl methyl sites for hydroxylation is 1. The molecule has 0 saturated carbocycles. The molecule has 138 valence electrons. The van der Waals surface area contributed by atoms with Gasteiger partial charge in [0, 0.05) is 6.54 Å². The Morgan fingerprint density at radius 3 is 2.54 bits per heavy atom. The molecule has 0 aromatic heterocycles. The minimum atomic E-state index is -0.266. The summed E-state index contributed by atoms with van der Waals surface area (Å²) in [5.74, 6) is 0.319. The number of thiocarbonyl (C=S) groups is 1. The van der Waals surface area contributed by atoms with Crippen molar-refractivity contribution in [2.45, 2.75) is 39.7 Å². The summed E-state index contributed by atoms with van der Waals surface area (Å²) in [5.41, 5.74) is 2.80. The summed E-state index contributed by atoms with van der Waals surface area (Å²) in [7, 11) is 0. The smallest absolute Gasteiger partial charge is 0.261 e. The normalized spacial score (nSPS) is 10.2. The lowest BCUT2D eigenvalue weighted by Crippen LogP contribution is -2.39. The number of benzene rings is 2. The molecule has 0 aliphatic heterocycles. The lowest BCUT2D eigenvalue weighted by atomic mass is 10.1. The van der Waals surface area contributed by atoms with Crippen molar-refractivity contribution in [3.8, 4) is 5.75 Å². The average molecular weight is 371 g/mol. The lowest BCUT2D eigenvalue weighted by molar-refractivity contribution is 0.0972. The van der Waals surface area contributed by atoms with Gasteiger partial charge in [0.25, 0.3) is 5.91 Å². The van der Waals surface area contributed by atoms with Crippen molar-refractivity contribution in [2.24, 2.45) is 0 Å². The highest BCUT2D eigenvalue weighted by atomic mass is 32.1. The Morgan fingerprint density at radius 2 is 1.81 bits per heavy atom. The number of rotatable bonds is 8. The van der Waals surface area contributed by atoms with Gasteiger partial charge < -0.3 is 10.1 Å². The minimum Gasteiger partial charge on any atom is -0.493 e. The Bertz CT molecular complexity index is 729. The molecule has 0 aliphatic rings. The predicted octanol–water partition coefficient (Wildman–Crippen LogP) is 4.37. The molecule has 0 unspecified atom stereocenters. The van der Waals surface area contributed by atoms with Crippen LogP contribution in [0.2, 0.25) is 0 Å². The molecule has 0 atom stereocenters. The number of hydrogen-bond donors (Lipinski definition) is 2. The van der Waals surface area contributed by atoms with Gasteiger partial charge >= 0.3 is 0 Å². The van der Waals surface area contributed by atoms with Crippen LogP contribution in [0.25, 0.3) is 0 Å². The van der Waals surface area contributed by atoms with E-state index in [1.54, 1.807) is 6.07 Å². The van der Waals surface area contributed by atoms with E-state index >= 15 is 0 Å². The van der Waals surface area contributed by atoms with Gasteiger partial charge in [-0.05, 0) is 43.3 Å². The third-order valence-corrected chi connectivity index (χ3v) is 4.18. The molecule has 2 rings (SSSR count). The Morgan fingerprint density at radius 1 is 1.08 bits per heavy atom. The Labute approximate surface area is 161 Å². The Kier molecular flexibility index (Phi) is 8.09. The van der Waals surface area contributed by atoms with Crippen LogP contribution in [0.4, 0.5) is 0 Å². The van der Waals surface area contributed by atoms with Crippen molar-refractivity contribution >= 4 is 23.2 Å². The zero-order valence-electron chi connectivity index (χ0n) is 15.4. The van der Waals surface area contributed by atoms with E-state index in [9.17, 15) is 4.79 Å². The van der Waals surface area contributed by atoms with E-state index < -0.39 is 0 Å². The van der Waals surface area contributed by atoms with Crippen LogP contribution >= 0.6 is 12.2 Å². The predicted molar refractivity (Wildman–Crippen MR) is 110 cm³/mol. The topological polar surface area (TPSA) is 50.4 Å².